The van der Waals surface area contributed by atoms with Gasteiger partial charge in [0.15, 0.2) is 11.6 Å². The molecule has 1 unspecified atom stereocenters. The smallest absolute Gasteiger partial charge is 0.336 e. The van der Waals surface area contributed by atoms with Gasteiger partial charge < -0.3 is 15.0 Å². The summed E-state index contributed by atoms with van der Waals surface area (Å²) in [6.45, 7) is 6.25. The number of fused-ring (bicyclic) bond motifs is 1. The highest BCUT2D eigenvalue weighted by atomic mass is 19.2. The lowest BCUT2D eigenvalue weighted by atomic mass is 9.99. The predicted molar refractivity (Wildman–Crippen MR) is 152 cm³/mol. The maximum Gasteiger partial charge on any atom is 0.336 e. The molecule has 202 valence electrons. The van der Waals surface area contributed by atoms with E-state index in [1.54, 1.807) is 31.2 Å². The van der Waals surface area contributed by atoms with E-state index >= 15 is 0 Å². The molecule has 5 nitrogen and oxygen atoms in total. The van der Waals surface area contributed by atoms with Gasteiger partial charge in [-0.15, -0.1) is 0 Å². The number of nitrogens with one attached hydrogen (secondary N) is 1. The number of carbonyl (C=O) groups is 2. The van der Waals surface area contributed by atoms with Gasteiger partial charge in [-0.25, -0.2) is 13.6 Å². The van der Waals surface area contributed by atoms with E-state index in [-0.39, 0.29) is 17.0 Å². The molecule has 5 aromatic rings. The van der Waals surface area contributed by atoms with E-state index in [4.69, 9.17) is 0 Å². The second-order valence-corrected chi connectivity index (χ2v) is 9.91. The van der Waals surface area contributed by atoms with Gasteiger partial charge in [-0.1, -0.05) is 54.6 Å². The summed E-state index contributed by atoms with van der Waals surface area (Å²) in [4.78, 5) is 24.6. The van der Waals surface area contributed by atoms with E-state index < -0.39 is 23.6 Å². The van der Waals surface area contributed by atoms with Gasteiger partial charge in [0.1, 0.15) is 0 Å². The number of rotatable bonds is 7. The number of amides is 1. The number of halogens is 2. The van der Waals surface area contributed by atoms with E-state index in [1.165, 1.54) is 12.1 Å². The maximum atomic E-state index is 14.2. The molecule has 0 saturated heterocycles. The normalized spacial score (nSPS) is 11.9. The first-order chi connectivity index (χ1) is 19.2. The highest BCUT2D eigenvalue weighted by Gasteiger charge is 2.19. The summed E-state index contributed by atoms with van der Waals surface area (Å²) in [6, 6.07) is 23.4. The molecule has 7 heteroatoms. The Bertz CT molecular complexity index is 1760. The molecule has 0 bridgehead atoms. The average molecular weight is 539 g/mol. The molecule has 0 radical (unpaired) electrons. The first-order valence-corrected chi connectivity index (χ1v) is 12.9. The molecule has 0 aliphatic rings. The molecular weight excluding hydrogens is 510 g/mol. The van der Waals surface area contributed by atoms with Gasteiger partial charge >= 0.3 is 5.97 Å². The minimum absolute atomic E-state index is 0.0880. The number of benzene rings is 4. The summed E-state index contributed by atoms with van der Waals surface area (Å²) < 4.78 is 30.0. The minimum Gasteiger partial charge on any atom is -0.478 e. The van der Waals surface area contributed by atoms with Crippen molar-refractivity contribution >= 4 is 22.8 Å². The molecule has 0 spiro atoms. The topological polar surface area (TPSA) is 71.3 Å². The Labute approximate surface area is 230 Å². The summed E-state index contributed by atoms with van der Waals surface area (Å²) in [5, 5.41) is 13.2. The molecule has 0 saturated carbocycles. The quantitative estimate of drug-likeness (QED) is 0.226. The molecule has 2 N–H and O–H groups in total. The Morgan fingerprint density at radius 3 is 2.38 bits per heavy atom. The van der Waals surface area contributed by atoms with Gasteiger partial charge in [0, 0.05) is 34.3 Å². The lowest BCUT2D eigenvalue weighted by molar-refractivity contribution is 0.0697. The number of nitrogens with zero attached hydrogens (tertiary/aromatic N) is 1. The molecule has 5 rings (SSSR count). The number of hydrogen-bond acceptors (Lipinski definition) is 2. The van der Waals surface area contributed by atoms with E-state index in [9.17, 15) is 23.5 Å². The lowest BCUT2D eigenvalue weighted by Crippen LogP contribution is -2.27. The summed E-state index contributed by atoms with van der Waals surface area (Å²) in [7, 11) is 0. The van der Waals surface area contributed by atoms with Crippen molar-refractivity contribution in [3.8, 4) is 11.1 Å². The molecule has 1 amide bonds. The Morgan fingerprint density at radius 1 is 0.925 bits per heavy atom. The van der Waals surface area contributed by atoms with Crippen LogP contribution in [-0.2, 0) is 6.54 Å². The van der Waals surface area contributed by atoms with Crippen molar-refractivity contribution < 1.29 is 23.5 Å². The predicted octanol–water partition coefficient (Wildman–Crippen LogP) is 7.44. The molecule has 0 aliphatic carbocycles. The number of aromatic nitrogens is 1. The second-order valence-electron chi connectivity index (χ2n) is 9.91. The number of carbonyl (C=O) groups excluding carboxylic acids is 1. The van der Waals surface area contributed by atoms with E-state index in [2.05, 4.69) is 9.88 Å². The zero-order valence-corrected chi connectivity index (χ0v) is 22.3. The van der Waals surface area contributed by atoms with Crippen LogP contribution in [0.4, 0.5) is 8.78 Å². The van der Waals surface area contributed by atoms with E-state index in [0.717, 1.165) is 39.4 Å². The van der Waals surface area contributed by atoms with Gasteiger partial charge in [-0.05, 0) is 73.4 Å². The van der Waals surface area contributed by atoms with Crippen LogP contribution in [0.2, 0.25) is 0 Å². The fourth-order valence-corrected chi connectivity index (χ4v) is 5.10. The van der Waals surface area contributed by atoms with Crippen LogP contribution in [-0.4, -0.2) is 21.6 Å². The lowest BCUT2D eigenvalue weighted by Gasteiger charge is -2.15. The minimum atomic E-state index is -0.965. The third-order valence-electron chi connectivity index (χ3n) is 7.46. The molecule has 1 heterocycles. The van der Waals surface area contributed by atoms with Crippen molar-refractivity contribution in [1.82, 2.24) is 9.88 Å². The van der Waals surface area contributed by atoms with Crippen LogP contribution < -0.4 is 5.32 Å². The third-order valence-corrected chi connectivity index (χ3v) is 7.46. The van der Waals surface area contributed by atoms with Gasteiger partial charge in [-0.2, -0.15) is 0 Å². The Balaban J connectivity index is 1.39. The van der Waals surface area contributed by atoms with Crippen LogP contribution in [0.3, 0.4) is 0 Å². The van der Waals surface area contributed by atoms with Crippen LogP contribution in [0.15, 0.2) is 84.9 Å². The molecule has 4 aromatic carbocycles. The van der Waals surface area contributed by atoms with Crippen molar-refractivity contribution in [2.75, 3.05) is 0 Å². The third kappa shape index (κ3) is 4.98. The maximum absolute atomic E-state index is 14.2. The highest BCUT2D eigenvalue weighted by molar-refractivity contribution is 5.99. The summed E-state index contributed by atoms with van der Waals surface area (Å²) in [5.74, 6) is -3.26. The molecule has 1 aromatic heterocycles. The Kier molecular flexibility index (Phi) is 7.22. The van der Waals surface area contributed by atoms with Crippen LogP contribution >= 0.6 is 0 Å². The van der Waals surface area contributed by atoms with E-state index in [1.807, 2.05) is 56.3 Å². The molecule has 0 fully saturated rings. The standard InChI is InChI=1S/C33H28F2N2O3/c1-19-21(3)37(18-22-11-13-23(14-12-22)26-7-4-5-8-27(26)33(39)40)30-16-15-24(17-28(19)30)32(38)36-20(2)25-9-6-10-29(34)31(25)35/h4-17,20H,18H2,1-3H3,(H,36,38)(H,39,40). The molecular formula is C33H28F2N2O3. The largest absolute Gasteiger partial charge is 0.478 e. The molecule has 40 heavy (non-hydrogen) atoms. The van der Waals surface area contributed by atoms with Gasteiger partial charge in [0.05, 0.1) is 11.6 Å². The fourth-order valence-electron chi connectivity index (χ4n) is 5.10. The van der Waals surface area contributed by atoms with Crippen molar-refractivity contribution in [3.05, 3.63) is 130 Å². The van der Waals surface area contributed by atoms with Crippen molar-refractivity contribution in [2.45, 2.75) is 33.4 Å². The van der Waals surface area contributed by atoms with Crippen LogP contribution in [0.5, 0.6) is 0 Å². The van der Waals surface area contributed by atoms with Crippen LogP contribution in [0.1, 0.15) is 56.1 Å². The van der Waals surface area contributed by atoms with Gasteiger partial charge in [0.25, 0.3) is 5.91 Å². The zero-order chi connectivity index (χ0) is 28.6. The van der Waals surface area contributed by atoms with Gasteiger partial charge in [-0.3, -0.25) is 4.79 Å². The number of aromatic carboxylic acids is 1. The van der Waals surface area contributed by atoms with Crippen LogP contribution in [0, 0.1) is 25.5 Å². The first-order valence-electron chi connectivity index (χ1n) is 12.9. The summed E-state index contributed by atoms with van der Waals surface area (Å²) in [6.07, 6.45) is 0. The van der Waals surface area contributed by atoms with Crippen molar-refractivity contribution in [3.63, 3.8) is 0 Å². The fraction of sp³-hybridized carbons (Fsp3) is 0.152. The SMILES string of the molecule is Cc1c(C)n(Cc2ccc(-c3ccccc3C(=O)O)cc2)c2ccc(C(=O)NC(C)c3cccc(F)c3F)cc12. The summed E-state index contributed by atoms with van der Waals surface area (Å²) >= 11 is 0. The first kappa shape index (κ1) is 26.8. The van der Waals surface area contributed by atoms with E-state index in [0.29, 0.717) is 17.7 Å². The number of carboxylic acids is 1. The van der Waals surface area contributed by atoms with Crippen LogP contribution in [0.25, 0.3) is 22.0 Å². The number of aryl methyl sites for hydroxylation is 1. The average Bonchev–Trinajstić information content (AvgIpc) is 3.19. The van der Waals surface area contributed by atoms with Crippen molar-refractivity contribution in [1.29, 1.82) is 0 Å². The highest BCUT2D eigenvalue weighted by Crippen LogP contribution is 2.29. The zero-order valence-electron chi connectivity index (χ0n) is 22.3. The molecule has 0 aliphatic heterocycles. The van der Waals surface area contributed by atoms with Crippen molar-refractivity contribution in [2.24, 2.45) is 0 Å². The number of carboxylic acid groups (broad SMARTS) is 1. The Morgan fingerprint density at radius 2 is 1.65 bits per heavy atom. The monoisotopic (exact) mass is 538 g/mol. The summed E-state index contributed by atoms with van der Waals surface area (Å²) in [5.41, 5.74) is 6.39. The van der Waals surface area contributed by atoms with Gasteiger partial charge in [0.2, 0.25) is 0 Å². The molecule has 1 atom stereocenters. The number of hydrogen-bond donors (Lipinski definition) is 2. The Hall–Kier alpha value is -4.78. The second kappa shape index (κ2) is 10.8.